The Morgan fingerprint density at radius 2 is 1.35 bits per heavy atom. The van der Waals surface area contributed by atoms with Crippen LogP contribution in [-0.4, -0.2) is 15.5 Å². The van der Waals surface area contributed by atoms with Gasteiger partial charge in [0.1, 0.15) is 0 Å². The zero-order valence-electron chi connectivity index (χ0n) is 11.8. The maximum Gasteiger partial charge on any atom is 0.261 e. The molecular weight excluding hydrogens is 272 g/mol. The Bertz CT molecular complexity index is 687. The summed E-state index contributed by atoms with van der Waals surface area (Å²) in [4.78, 5) is 0.285. The number of rotatable bonds is 4. The van der Waals surface area contributed by atoms with Crippen molar-refractivity contribution >= 4 is 21.4 Å². The molecule has 0 heterocycles. The largest absolute Gasteiger partial charge is 0.388 e. The van der Waals surface area contributed by atoms with Crippen molar-refractivity contribution in [3.05, 3.63) is 53.6 Å². The molecule has 0 atom stereocenters. The molecule has 0 unspecified atom stereocenters. The van der Waals surface area contributed by atoms with Crippen LogP contribution in [0.5, 0.6) is 0 Å². The lowest BCUT2D eigenvalue weighted by Gasteiger charge is -2.10. The second-order valence-electron chi connectivity index (χ2n) is 4.76. The normalized spacial score (nSPS) is 11.2. The molecule has 0 radical (unpaired) electrons. The van der Waals surface area contributed by atoms with Crippen molar-refractivity contribution in [2.45, 2.75) is 18.7 Å². The van der Waals surface area contributed by atoms with Crippen LogP contribution in [0, 0.1) is 13.8 Å². The van der Waals surface area contributed by atoms with E-state index in [1.165, 1.54) is 0 Å². The van der Waals surface area contributed by atoms with Crippen molar-refractivity contribution in [3.63, 3.8) is 0 Å². The summed E-state index contributed by atoms with van der Waals surface area (Å²) in [7, 11) is -1.73. The summed E-state index contributed by atoms with van der Waals surface area (Å²) in [5.74, 6) is 0. The minimum Gasteiger partial charge on any atom is -0.388 e. The predicted octanol–water partition coefficient (Wildman–Crippen LogP) is 3.15. The summed E-state index contributed by atoms with van der Waals surface area (Å²) < 4.78 is 27.3. The highest BCUT2D eigenvalue weighted by Gasteiger charge is 2.14. The van der Waals surface area contributed by atoms with E-state index < -0.39 is 10.0 Å². The number of hydrogen-bond acceptors (Lipinski definition) is 3. The molecule has 0 bridgehead atoms. The summed E-state index contributed by atoms with van der Waals surface area (Å²) in [6, 6.07) is 12.4. The molecular formula is C15H18N2O2S. The van der Waals surface area contributed by atoms with Gasteiger partial charge in [-0.05, 0) is 61.4 Å². The summed E-state index contributed by atoms with van der Waals surface area (Å²) in [5, 5.41) is 2.99. The van der Waals surface area contributed by atoms with Crippen LogP contribution >= 0.6 is 0 Å². The number of hydrogen-bond donors (Lipinski definition) is 2. The highest BCUT2D eigenvalue weighted by molar-refractivity contribution is 7.92. The fraction of sp³-hybridized carbons (Fsp3) is 0.200. The van der Waals surface area contributed by atoms with Crippen molar-refractivity contribution in [1.29, 1.82) is 0 Å². The van der Waals surface area contributed by atoms with Crippen LogP contribution in [0.2, 0.25) is 0 Å². The highest BCUT2D eigenvalue weighted by atomic mass is 32.2. The molecule has 0 saturated heterocycles. The number of aryl methyl sites for hydroxylation is 2. The van der Waals surface area contributed by atoms with E-state index in [4.69, 9.17) is 0 Å². The third kappa shape index (κ3) is 3.30. The van der Waals surface area contributed by atoms with Gasteiger partial charge in [-0.15, -0.1) is 0 Å². The van der Waals surface area contributed by atoms with Crippen LogP contribution < -0.4 is 10.0 Å². The molecule has 0 spiro atoms. The Morgan fingerprint density at radius 1 is 0.850 bits per heavy atom. The van der Waals surface area contributed by atoms with E-state index in [1.807, 2.05) is 39.1 Å². The first-order chi connectivity index (χ1) is 9.40. The first-order valence-electron chi connectivity index (χ1n) is 6.29. The van der Waals surface area contributed by atoms with Crippen LogP contribution in [0.1, 0.15) is 11.1 Å². The molecule has 4 nitrogen and oxygen atoms in total. The summed E-state index contributed by atoms with van der Waals surface area (Å²) >= 11 is 0. The van der Waals surface area contributed by atoms with Crippen LogP contribution in [0.25, 0.3) is 0 Å². The van der Waals surface area contributed by atoms with Gasteiger partial charge >= 0.3 is 0 Å². The van der Waals surface area contributed by atoms with Gasteiger partial charge in [-0.1, -0.05) is 6.07 Å². The van der Waals surface area contributed by atoms with E-state index in [9.17, 15) is 8.42 Å². The third-order valence-electron chi connectivity index (χ3n) is 2.93. The van der Waals surface area contributed by atoms with Gasteiger partial charge in [0.25, 0.3) is 10.0 Å². The number of benzene rings is 2. The summed E-state index contributed by atoms with van der Waals surface area (Å²) in [6.07, 6.45) is 0. The molecule has 0 aliphatic carbocycles. The Kier molecular flexibility index (Phi) is 3.99. The molecule has 0 aromatic heterocycles. The zero-order valence-corrected chi connectivity index (χ0v) is 12.6. The van der Waals surface area contributed by atoms with Gasteiger partial charge in [-0.3, -0.25) is 4.72 Å². The van der Waals surface area contributed by atoms with E-state index in [1.54, 1.807) is 24.3 Å². The smallest absolute Gasteiger partial charge is 0.261 e. The van der Waals surface area contributed by atoms with Gasteiger partial charge in [0, 0.05) is 18.4 Å². The Morgan fingerprint density at radius 3 is 1.85 bits per heavy atom. The molecule has 0 aliphatic heterocycles. The summed E-state index contributed by atoms with van der Waals surface area (Å²) in [5.41, 5.74) is 3.33. The maximum atomic E-state index is 12.3. The van der Waals surface area contributed by atoms with Gasteiger partial charge < -0.3 is 5.32 Å². The summed E-state index contributed by atoms with van der Waals surface area (Å²) in [6.45, 7) is 3.77. The molecule has 2 rings (SSSR count). The van der Waals surface area contributed by atoms with Crippen molar-refractivity contribution < 1.29 is 8.42 Å². The number of anilines is 2. The van der Waals surface area contributed by atoms with Gasteiger partial charge in [-0.25, -0.2) is 8.42 Å². The van der Waals surface area contributed by atoms with Gasteiger partial charge in [0.05, 0.1) is 4.90 Å². The van der Waals surface area contributed by atoms with Crippen LogP contribution in [0.4, 0.5) is 11.4 Å². The van der Waals surface area contributed by atoms with E-state index in [2.05, 4.69) is 10.0 Å². The predicted molar refractivity (Wildman–Crippen MR) is 82.7 cm³/mol. The Labute approximate surface area is 119 Å². The van der Waals surface area contributed by atoms with E-state index in [0.717, 1.165) is 16.8 Å². The lowest BCUT2D eigenvalue weighted by Crippen LogP contribution is -2.13. The first kappa shape index (κ1) is 14.4. The van der Waals surface area contributed by atoms with Gasteiger partial charge in [0.2, 0.25) is 0 Å². The van der Waals surface area contributed by atoms with Crippen molar-refractivity contribution in [1.82, 2.24) is 0 Å². The van der Waals surface area contributed by atoms with Gasteiger partial charge in [-0.2, -0.15) is 0 Å². The van der Waals surface area contributed by atoms with Crippen LogP contribution in [0.15, 0.2) is 47.4 Å². The molecule has 0 amide bonds. The van der Waals surface area contributed by atoms with Crippen molar-refractivity contribution in [2.24, 2.45) is 0 Å². The molecule has 5 heteroatoms. The Balaban J connectivity index is 2.30. The minimum atomic E-state index is -3.55. The maximum absolute atomic E-state index is 12.3. The second-order valence-corrected chi connectivity index (χ2v) is 6.44. The quantitative estimate of drug-likeness (QED) is 0.909. The standard InChI is InChI=1S/C15H18N2O2S/c1-11-8-12(2)10-15(9-11)20(18,19)17-14-6-4-13(16-3)5-7-14/h4-10,16-17H,1-3H3. The Hall–Kier alpha value is -2.01. The SMILES string of the molecule is CNc1ccc(NS(=O)(=O)c2cc(C)cc(C)c2)cc1. The lowest BCUT2D eigenvalue weighted by molar-refractivity contribution is 0.601. The highest BCUT2D eigenvalue weighted by Crippen LogP contribution is 2.20. The lowest BCUT2D eigenvalue weighted by atomic mass is 10.2. The fourth-order valence-corrected chi connectivity index (χ4v) is 3.25. The van der Waals surface area contributed by atoms with Crippen molar-refractivity contribution in [2.75, 3.05) is 17.1 Å². The van der Waals surface area contributed by atoms with Crippen LogP contribution in [-0.2, 0) is 10.0 Å². The first-order valence-corrected chi connectivity index (χ1v) is 7.78. The van der Waals surface area contributed by atoms with Crippen molar-refractivity contribution in [3.8, 4) is 0 Å². The average molecular weight is 290 g/mol. The minimum absolute atomic E-state index is 0.285. The topological polar surface area (TPSA) is 58.2 Å². The molecule has 2 aromatic rings. The molecule has 20 heavy (non-hydrogen) atoms. The zero-order chi connectivity index (χ0) is 14.8. The van der Waals surface area contributed by atoms with Crippen LogP contribution in [0.3, 0.4) is 0 Å². The fourth-order valence-electron chi connectivity index (χ4n) is 2.01. The molecule has 0 aliphatic rings. The monoisotopic (exact) mass is 290 g/mol. The second kappa shape index (κ2) is 5.54. The molecule has 106 valence electrons. The average Bonchev–Trinajstić information content (AvgIpc) is 2.38. The molecule has 2 N–H and O–H groups in total. The van der Waals surface area contributed by atoms with E-state index >= 15 is 0 Å². The molecule has 0 saturated carbocycles. The number of nitrogens with one attached hydrogen (secondary N) is 2. The molecule has 2 aromatic carbocycles. The number of sulfonamides is 1. The van der Waals surface area contributed by atoms with E-state index in [-0.39, 0.29) is 4.90 Å². The van der Waals surface area contributed by atoms with Gasteiger partial charge in [0.15, 0.2) is 0 Å². The third-order valence-corrected chi connectivity index (χ3v) is 4.29. The van der Waals surface area contributed by atoms with E-state index in [0.29, 0.717) is 5.69 Å². The molecule has 0 fully saturated rings.